The van der Waals surface area contributed by atoms with Gasteiger partial charge in [-0.15, -0.1) is 22.7 Å². The fraction of sp³-hybridized carbons (Fsp3) is 0.524. The van der Waals surface area contributed by atoms with Crippen molar-refractivity contribution in [2.75, 3.05) is 32.8 Å². The minimum Gasteiger partial charge on any atom is -0.466 e. The number of carbonyl (C=O) groups is 1. The van der Waals surface area contributed by atoms with Gasteiger partial charge in [0.05, 0.1) is 22.3 Å². The fourth-order valence-corrected chi connectivity index (χ4v) is 5.30. The summed E-state index contributed by atoms with van der Waals surface area (Å²) in [7, 11) is 0. The molecule has 0 saturated carbocycles. The van der Waals surface area contributed by atoms with E-state index in [1.54, 1.807) is 22.7 Å². The third-order valence-electron chi connectivity index (χ3n) is 4.93. The second kappa shape index (κ2) is 10.2. The molecule has 0 unspecified atom stereocenters. The quantitative estimate of drug-likeness (QED) is 0.274. The standard InChI is InChI=1S/C21H28N2O3S2/c1-4-25-21(24)17-6-5-9-23(14-17)10-11-26-22-18(19-15(2)7-12-27-19)20-16(3)8-13-28-20/h7-8,12-13,17H,4-6,9-11,14H2,1-3H3/t17-/m0/s1. The number of rotatable bonds is 8. The summed E-state index contributed by atoms with van der Waals surface area (Å²) in [6.07, 6.45) is 1.93. The van der Waals surface area contributed by atoms with Gasteiger partial charge in [-0.1, -0.05) is 5.16 Å². The number of hydrogen-bond donors (Lipinski definition) is 0. The topological polar surface area (TPSA) is 51.1 Å². The Morgan fingerprint density at radius 2 is 1.89 bits per heavy atom. The van der Waals surface area contributed by atoms with Gasteiger partial charge < -0.3 is 9.57 Å². The van der Waals surface area contributed by atoms with Crippen LogP contribution in [0.1, 0.15) is 40.6 Å². The molecule has 0 bridgehead atoms. The van der Waals surface area contributed by atoms with E-state index in [0.29, 0.717) is 13.2 Å². The van der Waals surface area contributed by atoms with E-state index in [1.807, 2.05) is 6.92 Å². The van der Waals surface area contributed by atoms with Crippen molar-refractivity contribution in [3.05, 3.63) is 43.8 Å². The van der Waals surface area contributed by atoms with E-state index < -0.39 is 0 Å². The van der Waals surface area contributed by atoms with Crippen LogP contribution in [0.15, 0.2) is 28.0 Å². The van der Waals surface area contributed by atoms with Crippen LogP contribution in [0.4, 0.5) is 0 Å². The minimum absolute atomic E-state index is 0.0182. The maximum Gasteiger partial charge on any atom is 0.310 e. The van der Waals surface area contributed by atoms with E-state index in [4.69, 9.17) is 9.57 Å². The average molecular weight is 421 g/mol. The molecule has 28 heavy (non-hydrogen) atoms. The summed E-state index contributed by atoms with van der Waals surface area (Å²) in [6, 6.07) is 4.23. The highest BCUT2D eigenvalue weighted by atomic mass is 32.1. The van der Waals surface area contributed by atoms with Crippen LogP contribution < -0.4 is 0 Å². The number of esters is 1. The summed E-state index contributed by atoms with van der Waals surface area (Å²) in [5, 5.41) is 8.70. The first-order chi connectivity index (χ1) is 13.6. The molecule has 2 aromatic rings. The van der Waals surface area contributed by atoms with Crippen molar-refractivity contribution in [2.45, 2.75) is 33.6 Å². The number of oxime groups is 1. The van der Waals surface area contributed by atoms with Gasteiger partial charge in [0.1, 0.15) is 12.3 Å². The van der Waals surface area contributed by atoms with Gasteiger partial charge >= 0.3 is 5.97 Å². The number of nitrogens with zero attached hydrogens (tertiary/aromatic N) is 2. The zero-order valence-electron chi connectivity index (χ0n) is 16.8. The van der Waals surface area contributed by atoms with Crippen LogP contribution in [-0.4, -0.2) is 49.4 Å². The second-order valence-electron chi connectivity index (χ2n) is 7.03. The molecule has 7 heteroatoms. The summed E-state index contributed by atoms with van der Waals surface area (Å²) >= 11 is 3.39. The van der Waals surface area contributed by atoms with E-state index in [9.17, 15) is 4.79 Å². The Morgan fingerprint density at radius 1 is 1.21 bits per heavy atom. The van der Waals surface area contributed by atoms with Gasteiger partial charge in [0, 0.05) is 13.1 Å². The summed E-state index contributed by atoms with van der Waals surface area (Å²) in [6.45, 7) is 9.51. The van der Waals surface area contributed by atoms with Gasteiger partial charge in [-0.2, -0.15) is 0 Å². The lowest BCUT2D eigenvalue weighted by Crippen LogP contribution is -2.40. The number of ether oxygens (including phenoxy) is 1. The lowest BCUT2D eigenvalue weighted by molar-refractivity contribution is -0.150. The molecule has 2 aromatic heterocycles. The number of thiophene rings is 2. The van der Waals surface area contributed by atoms with E-state index in [1.165, 1.54) is 11.1 Å². The van der Waals surface area contributed by atoms with Crippen molar-refractivity contribution >= 4 is 34.4 Å². The van der Waals surface area contributed by atoms with Crippen LogP contribution >= 0.6 is 22.7 Å². The Kier molecular flexibility index (Phi) is 7.65. The van der Waals surface area contributed by atoms with Crippen molar-refractivity contribution in [3.63, 3.8) is 0 Å². The monoisotopic (exact) mass is 420 g/mol. The molecule has 0 spiro atoms. The van der Waals surface area contributed by atoms with E-state index in [2.05, 4.69) is 46.8 Å². The molecule has 0 aliphatic carbocycles. The lowest BCUT2D eigenvalue weighted by atomic mass is 9.98. The molecule has 1 fully saturated rings. The van der Waals surface area contributed by atoms with Crippen LogP contribution in [0.2, 0.25) is 0 Å². The molecule has 0 N–H and O–H groups in total. The summed E-state index contributed by atoms with van der Waals surface area (Å²) < 4.78 is 5.18. The number of piperidine rings is 1. The molecular weight excluding hydrogens is 392 g/mol. The van der Waals surface area contributed by atoms with Crippen LogP contribution in [0, 0.1) is 19.8 Å². The number of hydrogen-bond acceptors (Lipinski definition) is 7. The van der Waals surface area contributed by atoms with Crippen molar-refractivity contribution in [1.82, 2.24) is 4.90 Å². The van der Waals surface area contributed by atoms with Crippen LogP contribution in [0.25, 0.3) is 0 Å². The highest BCUT2D eigenvalue weighted by molar-refractivity contribution is 7.16. The van der Waals surface area contributed by atoms with Crippen molar-refractivity contribution in [1.29, 1.82) is 0 Å². The summed E-state index contributed by atoms with van der Waals surface area (Å²) in [5.74, 6) is -0.0925. The number of likely N-dealkylation sites (tertiary alicyclic amines) is 1. The highest BCUT2D eigenvalue weighted by Gasteiger charge is 2.26. The maximum atomic E-state index is 12.0. The predicted octanol–water partition coefficient (Wildman–Crippen LogP) is 4.47. The molecule has 3 heterocycles. The van der Waals surface area contributed by atoms with E-state index in [-0.39, 0.29) is 11.9 Å². The molecule has 0 aromatic carbocycles. The third kappa shape index (κ3) is 5.21. The molecule has 0 amide bonds. The van der Waals surface area contributed by atoms with Crippen LogP contribution in [0.5, 0.6) is 0 Å². The maximum absolute atomic E-state index is 12.0. The Morgan fingerprint density at radius 3 is 2.46 bits per heavy atom. The zero-order valence-corrected chi connectivity index (χ0v) is 18.4. The first-order valence-electron chi connectivity index (χ1n) is 9.78. The minimum atomic E-state index is -0.0743. The molecular formula is C21H28N2O3S2. The highest BCUT2D eigenvalue weighted by Crippen LogP contribution is 2.26. The molecule has 1 saturated heterocycles. The second-order valence-corrected chi connectivity index (χ2v) is 8.86. The predicted molar refractivity (Wildman–Crippen MR) is 116 cm³/mol. The fourth-order valence-electron chi connectivity index (χ4n) is 3.41. The first kappa shape index (κ1) is 21.0. The van der Waals surface area contributed by atoms with Crippen molar-refractivity contribution < 1.29 is 14.4 Å². The normalized spacial score (nSPS) is 17.3. The SMILES string of the molecule is CCOC(=O)[C@H]1CCCN(CCON=C(c2sccc2C)c2sccc2C)C1. The number of aryl methyl sites for hydroxylation is 2. The van der Waals surface area contributed by atoms with Crippen molar-refractivity contribution in [2.24, 2.45) is 11.1 Å². The largest absolute Gasteiger partial charge is 0.466 e. The van der Waals surface area contributed by atoms with Gasteiger partial charge in [0.15, 0.2) is 0 Å². The molecule has 3 rings (SSSR count). The van der Waals surface area contributed by atoms with Gasteiger partial charge in [-0.25, -0.2) is 0 Å². The molecule has 0 radical (unpaired) electrons. The molecule has 1 atom stereocenters. The molecule has 5 nitrogen and oxygen atoms in total. The smallest absolute Gasteiger partial charge is 0.310 e. The first-order valence-corrected chi connectivity index (χ1v) is 11.5. The Hall–Kier alpha value is -1.70. The Bertz CT molecular complexity index is 770. The molecule has 1 aliphatic heterocycles. The average Bonchev–Trinajstić information content (AvgIpc) is 3.31. The Labute approximate surface area is 175 Å². The van der Waals surface area contributed by atoms with Crippen molar-refractivity contribution in [3.8, 4) is 0 Å². The third-order valence-corrected chi connectivity index (χ3v) is 6.98. The van der Waals surface area contributed by atoms with Crippen LogP contribution in [-0.2, 0) is 14.4 Å². The summed E-state index contributed by atoms with van der Waals surface area (Å²) in [4.78, 5) is 22.3. The van der Waals surface area contributed by atoms with Gasteiger partial charge in [0.25, 0.3) is 0 Å². The Balaban J connectivity index is 1.59. The summed E-state index contributed by atoms with van der Waals surface area (Å²) in [5.41, 5.74) is 3.35. The van der Waals surface area contributed by atoms with Gasteiger partial charge in [-0.05, 0) is 74.2 Å². The molecule has 152 valence electrons. The van der Waals surface area contributed by atoms with Gasteiger partial charge in [-0.3, -0.25) is 9.69 Å². The van der Waals surface area contributed by atoms with E-state index in [0.717, 1.165) is 47.9 Å². The zero-order chi connectivity index (χ0) is 19.9. The van der Waals surface area contributed by atoms with E-state index >= 15 is 0 Å². The van der Waals surface area contributed by atoms with Gasteiger partial charge in [0.2, 0.25) is 0 Å². The lowest BCUT2D eigenvalue weighted by Gasteiger charge is -2.30. The number of carbonyl (C=O) groups excluding carboxylic acids is 1. The molecule has 1 aliphatic rings. The van der Waals surface area contributed by atoms with Crippen LogP contribution in [0.3, 0.4) is 0 Å².